The molecule has 2 aliphatic rings. The van der Waals surface area contributed by atoms with Crippen molar-refractivity contribution in [3.8, 4) is 6.07 Å². The van der Waals surface area contributed by atoms with Crippen LogP contribution in [0.1, 0.15) is 70.8 Å². The molecule has 3 amide bonds. The second-order valence-corrected chi connectivity index (χ2v) is 11.6. The zero-order chi connectivity index (χ0) is 26.8. The first-order valence-electron chi connectivity index (χ1n) is 13.3. The zero-order valence-electron chi connectivity index (χ0n) is 21.9. The monoisotopic (exact) mass is 530 g/mol. The SMILES string of the molecule is CC(C)(COC(=O)N[C@@H](CC1CCCCC1)C(=O)N[C@H](C#N)C[C@H]1CCNC1=O)Cc1cccc(Cl)c1. The maximum Gasteiger partial charge on any atom is 0.407 e. The lowest BCUT2D eigenvalue weighted by atomic mass is 9.84. The fourth-order valence-electron chi connectivity index (χ4n) is 5.25. The number of carbonyl (C=O) groups excluding carboxylic acids is 3. The molecule has 1 aliphatic carbocycles. The van der Waals surface area contributed by atoms with E-state index in [1.165, 1.54) is 6.42 Å². The Morgan fingerprint density at radius 3 is 2.59 bits per heavy atom. The molecule has 2 fully saturated rings. The van der Waals surface area contributed by atoms with Gasteiger partial charge in [0.1, 0.15) is 12.1 Å². The van der Waals surface area contributed by atoms with Crippen molar-refractivity contribution in [2.75, 3.05) is 13.2 Å². The summed E-state index contributed by atoms with van der Waals surface area (Å²) in [6, 6.07) is 8.09. The van der Waals surface area contributed by atoms with E-state index in [-0.39, 0.29) is 30.3 Å². The van der Waals surface area contributed by atoms with Gasteiger partial charge in [0.2, 0.25) is 11.8 Å². The van der Waals surface area contributed by atoms with Gasteiger partial charge in [0, 0.05) is 22.9 Å². The van der Waals surface area contributed by atoms with Crippen molar-refractivity contribution in [1.29, 1.82) is 5.26 Å². The van der Waals surface area contributed by atoms with Crippen LogP contribution in [0.15, 0.2) is 24.3 Å². The third kappa shape index (κ3) is 9.55. The molecule has 1 heterocycles. The van der Waals surface area contributed by atoms with E-state index in [0.29, 0.717) is 36.7 Å². The summed E-state index contributed by atoms with van der Waals surface area (Å²) in [5.41, 5.74) is 0.714. The molecule has 202 valence electrons. The topological polar surface area (TPSA) is 120 Å². The third-order valence-electron chi connectivity index (χ3n) is 7.22. The number of halogens is 1. The molecule has 0 unspecified atom stereocenters. The second kappa shape index (κ2) is 13.7. The Balaban J connectivity index is 1.58. The molecule has 8 nitrogen and oxygen atoms in total. The largest absolute Gasteiger partial charge is 0.449 e. The predicted octanol–water partition coefficient (Wildman–Crippen LogP) is 4.51. The number of nitriles is 1. The normalized spacial score (nSPS) is 19.8. The van der Waals surface area contributed by atoms with Crippen molar-refractivity contribution in [3.63, 3.8) is 0 Å². The lowest BCUT2D eigenvalue weighted by Crippen LogP contribution is -2.51. The van der Waals surface area contributed by atoms with Gasteiger partial charge in [-0.25, -0.2) is 4.79 Å². The van der Waals surface area contributed by atoms with Gasteiger partial charge in [-0.15, -0.1) is 0 Å². The molecular formula is C28H39ClN4O4. The molecule has 0 radical (unpaired) electrons. The first-order valence-corrected chi connectivity index (χ1v) is 13.7. The highest BCUT2D eigenvalue weighted by Gasteiger charge is 2.32. The minimum absolute atomic E-state index is 0.0876. The minimum Gasteiger partial charge on any atom is -0.449 e. The van der Waals surface area contributed by atoms with Crippen LogP contribution in [0.4, 0.5) is 4.79 Å². The summed E-state index contributed by atoms with van der Waals surface area (Å²) in [5.74, 6) is -0.465. The van der Waals surface area contributed by atoms with Gasteiger partial charge >= 0.3 is 6.09 Å². The highest BCUT2D eigenvalue weighted by molar-refractivity contribution is 6.30. The van der Waals surface area contributed by atoms with E-state index in [2.05, 4.69) is 22.0 Å². The molecule has 1 aromatic rings. The number of alkyl carbamates (subject to hydrolysis) is 1. The summed E-state index contributed by atoms with van der Waals surface area (Å²) in [4.78, 5) is 37.9. The van der Waals surface area contributed by atoms with Crippen molar-refractivity contribution in [2.45, 2.75) is 83.7 Å². The zero-order valence-corrected chi connectivity index (χ0v) is 22.6. The number of nitrogens with zero attached hydrogens (tertiary/aromatic N) is 1. The molecule has 1 aliphatic heterocycles. The first-order chi connectivity index (χ1) is 17.6. The highest BCUT2D eigenvalue weighted by atomic mass is 35.5. The summed E-state index contributed by atoms with van der Waals surface area (Å²) in [7, 11) is 0. The van der Waals surface area contributed by atoms with Crippen LogP contribution in [0.25, 0.3) is 0 Å². The molecule has 1 saturated heterocycles. The number of rotatable bonds is 11. The molecule has 0 bridgehead atoms. The number of amides is 3. The number of hydrogen-bond acceptors (Lipinski definition) is 5. The van der Waals surface area contributed by atoms with Gasteiger partial charge in [-0.2, -0.15) is 5.26 Å². The van der Waals surface area contributed by atoms with Crippen LogP contribution < -0.4 is 16.0 Å². The van der Waals surface area contributed by atoms with Crippen LogP contribution in [0.3, 0.4) is 0 Å². The fourth-order valence-corrected chi connectivity index (χ4v) is 5.47. The van der Waals surface area contributed by atoms with Crippen molar-refractivity contribution < 1.29 is 19.1 Å². The molecule has 9 heteroatoms. The van der Waals surface area contributed by atoms with Gasteiger partial charge in [0.15, 0.2) is 0 Å². The van der Waals surface area contributed by atoms with E-state index in [4.69, 9.17) is 16.3 Å². The molecule has 3 atom stereocenters. The van der Waals surface area contributed by atoms with Crippen LogP contribution in [0, 0.1) is 28.6 Å². The lowest BCUT2D eigenvalue weighted by Gasteiger charge is -2.28. The van der Waals surface area contributed by atoms with Gasteiger partial charge in [0.05, 0.1) is 12.7 Å². The Hall–Kier alpha value is -2.79. The average molecular weight is 531 g/mol. The standard InChI is InChI=1S/C28H39ClN4O4/c1-28(2,16-20-9-6-10-22(29)13-20)18-37-27(36)33-24(14-19-7-4-3-5-8-19)26(35)32-23(17-30)15-21-11-12-31-25(21)34/h6,9-10,13,19,21,23-24H,3-5,7-8,11-12,14-16,18H2,1-2H3,(H,31,34)(H,32,35)(H,33,36)/t21-,23+,24+/m1/s1. The van der Waals surface area contributed by atoms with E-state index < -0.39 is 24.1 Å². The Bertz CT molecular complexity index is 987. The Morgan fingerprint density at radius 2 is 1.95 bits per heavy atom. The molecule has 0 aromatic heterocycles. The van der Waals surface area contributed by atoms with Gasteiger partial charge in [-0.3, -0.25) is 9.59 Å². The molecule has 3 N–H and O–H groups in total. The number of carbonyl (C=O) groups is 3. The van der Waals surface area contributed by atoms with Crippen LogP contribution in [-0.2, 0) is 20.7 Å². The molecule has 1 aromatic carbocycles. The van der Waals surface area contributed by atoms with Crippen LogP contribution >= 0.6 is 11.6 Å². The second-order valence-electron chi connectivity index (χ2n) is 11.2. The van der Waals surface area contributed by atoms with E-state index in [9.17, 15) is 19.6 Å². The number of nitrogens with one attached hydrogen (secondary N) is 3. The quantitative estimate of drug-likeness (QED) is 0.389. The summed E-state index contributed by atoms with van der Waals surface area (Å²) in [5, 5.41) is 18.5. The Morgan fingerprint density at radius 1 is 1.19 bits per heavy atom. The van der Waals surface area contributed by atoms with E-state index in [1.54, 1.807) is 0 Å². The summed E-state index contributed by atoms with van der Waals surface area (Å²) in [6.07, 6.45) is 6.84. The maximum absolute atomic E-state index is 13.2. The molecule has 1 saturated carbocycles. The maximum atomic E-state index is 13.2. The Kier molecular flexibility index (Phi) is 10.6. The Labute approximate surface area is 224 Å². The fraction of sp³-hybridized carbons (Fsp3) is 0.643. The average Bonchev–Trinajstić information content (AvgIpc) is 3.26. The number of ether oxygens (including phenoxy) is 1. The lowest BCUT2D eigenvalue weighted by molar-refractivity contribution is -0.125. The van der Waals surface area contributed by atoms with Crippen molar-refractivity contribution in [2.24, 2.45) is 17.3 Å². The summed E-state index contributed by atoms with van der Waals surface area (Å²) in [6.45, 7) is 4.76. The van der Waals surface area contributed by atoms with Crippen LogP contribution in [0.2, 0.25) is 5.02 Å². The summed E-state index contributed by atoms with van der Waals surface area (Å²) >= 11 is 6.10. The van der Waals surface area contributed by atoms with Crippen LogP contribution in [0.5, 0.6) is 0 Å². The van der Waals surface area contributed by atoms with Crippen molar-refractivity contribution in [1.82, 2.24) is 16.0 Å². The molecule has 0 spiro atoms. The van der Waals surface area contributed by atoms with Crippen molar-refractivity contribution in [3.05, 3.63) is 34.9 Å². The molecule has 37 heavy (non-hydrogen) atoms. The number of hydrogen-bond donors (Lipinski definition) is 3. The van der Waals surface area contributed by atoms with Crippen LogP contribution in [-0.4, -0.2) is 43.1 Å². The highest BCUT2D eigenvalue weighted by Crippen LogP contribution is 2.28. The number of benzene rings is 1. The van der Waals surface area contributed by atoms with Crippen molar-refractivity contribution >= 4 is 29.5 Å². The van der Waals surface area contributed by atoms with E-state index in [1.807, 2.05) is 38.1 Å². The van der Waals surface area contributed by atoms with E-state index in [0.717, 1.165) is 31.2 Å². The molecular weight excluding hydrogens is 492 g/mol. The van der Waals surface area contributed by atoms with Gasteiger partial charge < -0.3 is 20.7 Å². The summed E-state index contributed by atoms with van der Waals surface area (Å²) < 4.78 is 5.55. The van der Waals surface area contributed by atoms with Gasteiger partial charge in [-0.1, -0.05) is 69.7 Å². The first kappa shape index (κ1) is 28.8. The van der Waals surface area contributed by atoms with E-state index >= 15 is 0 Å². The van der Waals surface area contributed by atoms with Gasteiger partial charge in [-0.05, 0) is 49.3 Å². The minimum atomic E-state index is -0.806. The predicted molar refractivity (Wildman–Crippen MR) is 142 cm³/mol. The molecule has 3 rings (SSSR count). The third-order valence-corrected chi connectivity index (χ3v) is 7.46. The smallest absolute Gasteiger partial charge is 0.407 e. The van der Waals surface area contributed by atoms with Gasteiger partial charge in [0.25, 0.3) is 0 Å².